The van der Waals surface area contributed by atoms with Crippen LogP contribution in [-0.2, 0) is 25.9 Å². The van der Waals surface area contributed by atoms with Gasteiger partial charge < -0.3 is 14.6 Å². The third-order valence-electron chi connectivity index (χ3n) is 6.67. The maximum Gasteiger partial charge on any atom is 0.123 e. The van der Waals surface area contributed by atoms with Crippen LogP contribution in [0.25, 0.3) is 10.9 Å². The van der Waals surface area contributed by atoms with Crippen LogP contribution >= 0.6 is 0 Å². The lowest BCUT2D eigenvalue weighted by atomic mass is 9.90. The van der Waals surface area contributed by atoms with Crippen molar-refractivity contribution in [2.24, 2.45) is 0 Å². The Labute approximate surface area is 188 Å². The van der Waals surface area contributed by atoms with Crippen molar-refractivity contribution in [3.63, 3.8) is 0 Å². The van der Waals surface area contributed by atoms with E-state index < -0.39 is 0 Å². The Morgan fingerprint density at radius 3 is 2.62 bits per heavy atom. The van der Waals surface area contributed by atoms with Gasteiger partial charge in [0.25, 0.3) is 0 Å². The van der Waals surface area contributed by atoms with E-state index in [0.717, 1.165) is 38.0 Å². The van der Waals surface area contributed by atoms with Crippen molar-refractivity contribution in [2.75, 3.05) is 13.6 Å². The fourth-order valence-electron chi connectivity index (χ4n) is 4.72. The molecule has 1 heterocycles. The number of rotatable bonds is 7. The molecule has 32 heavy (non-hydrogen) atoms. The average molecular weight is 429 g/mol. The molecule has 0 spiro atoms. The molecular weight excluding hydrogens is 399 g/mol. The Morgan fingerprint density at radius 2 is 1.81 bits per heavy atom. The predicted octanol–water partition coefficient (Wildman–Crippen LogP) is 5.92. The van der Waals surface area contributed by atoms with E-state index in [1.54, 1.807) is 12.1 Å². The Hall–Kier alpha value is -3.11. The highest BCUT2D eigenvalue weighted by molar-refractivity contribution is 5.86. The number of H-pyrrole nitrogens is 1. The second-order valence-corrected chi connectivity index (χ2v) is 8.82. The topological polar surface area (TPSA) is 28.3 Å². The standard InChI is InChI=1S/C28H29FN2O/c1-31(16-15-20-7-9-22(29)10-8-20)23-11-13-27-25(17-23)26-18-24(12-14-28(26)30-27)32-19-21-5-3-2-4-6-21/h2-10,12,14,18,23,30H,11,13,15-17,19H2,1H3. The molecule has 3 aromatic carbocycles. The molecule has 1 atom stereocenters. The molecule has 1 aliphatic rings. The summed E-state index contributed by atoms with van der Waals surface area (Å²) in [6, 6.07) is 24.0. The van der Waals surface area contributed by atoms with Crippen LogP contribution in [0, 0.1) is 5.82 Å². The van der Waals surface area contributed by atoms with Gasteiger partial charge in [0.15, 0.2) is 0 Å². The monoisotopic (exact) mass is 428 g/mol. The number of likely N-dealkylation sites (N-methyl/N-ethyl adjacent to an activating group) is 1. The lowest BCUT2D eigenvalue weighted by Crippen LogP contribution is -2.37. The molecule has 0 amide bonds. The molecule has 4 heteroatoms. The summed E-state index contributed by atoms with van der Waals surface area (Å²) in [5.41, 5.74) is 6.34. The number of nitrogens with zero attached hydrogens (tertiary/aromatic N) is 1. The Morgan fingerprint density at radius 1 is 1.00 bits per heavy atom. The molecule has 0 radical (unpaired) electrons. The van der Waals surface area contributed by atoms with Gasteiger partial charge in [-0.25, -0.2) is 4.39 Å². The summed E-state index contributed by atoms with van der Waals surface area (Å²) in [5.74, 6) is 0.739. The summed E-state index contributed by atoms with van der Waals surface area (Å²) >= 11 is 0. The quantitative estimate of drug-likeness (QED) is 0.396. The highest BCUT2D eigenvalue weighted by Gasteiger charge is 2.25. The van der Waals surface area contributed by atoms with Gasteiger partial charge >= 0.3 is 0 Å². The van der Waals surface area contributed by atoms with Crippen LogP contribution in [0.15, 0.2) is 72.8 Å². The minimum absolute atomic E-state index is 0.173. The summed E-state index contributed by atoms with van der Waals surface area (Å²) in [6.45, 7) is 1.55. The molecule has 3 nitrogen and oxygen atoms in total. The van der Waals surface area contributed by atoms with E-state index in [0.29, 0.717) is 12.6 Å². The molecule has 1 aliphatic carbocycles. The number of aromatic amines is 1. The summed E-state index contributed by atoms with van der Waals surface area (Å²) in [7, 11) is 2.21. The predicted molar refractivity (Wildman–Crippen MR) is 128 cm³/mol. The van der Waals surface area contributed by atoms with E-state index >= 15 is 0 Å². The normalized spacial score (nSPS) is 15.8. The van der Waals surface area contributed by atoms with Gasteiger partial charge in [-0.3, -0.25) is 0 Å². The van der Waals surface area contributed by atoms with Gasteiger partial charge in [0.2, 0.25) is 0 Å². The molecule has 0 fully saturated rings. The van der Waals surface area contributed by atoms with Gasteiger partial charge in [-0.2, -0.15) is 0 Å². The van der Waals surface area contributed by atoms with Crippen LogP contribution in [0.3, 0.4) is 0 Å². The fourth-order valence-corrected chi connectivity index (χ4v) is 4.72. The molecular formula is C28H29FN2O. The zero-order valence-electron chi connectivity index (χ0n) is 18.5. The zero-order chi connectivity index (χ0) is 21.9. The minimum Gasteiger partial charge on any atom is -0.489 e. The summed E-state index contributed by atoms with van der Waals surface area (Å²) in [6.07, 6.45) is 4.19. The molecule has 0 saturated carbocycles. The molecule has 4 aromatic rings. The number of aryl methyl sites for hydroxylation is 1. The number of halogens is 1. The molecule has 164 valence electrons. The van der Waals surface area contributed by atoms with Crippen LogP contribution in [0.2, 0.25) is 0 Å². The fraction of sp³-hybridized carbons (Fsp3) is 0.286. The summed E-state index contributed by atoms with van der Waals surface area (Å²) in [4.78, 5) is 6.09. The average Bonchev–Trinajstić information content (AvgIpc) is 3.20. The van der Waals surface area contributed by atoms with Gasteiger partial charge in [-0.1, -0.05) is 42.5 Å². The van der Waals surface area contributed by atoms with Crippen molar-refractivity contribution in [3.05, 3.63) is 101 Å². The smallest absolute Gasteiger partial charge is 0.123 e. The Kier molecular flexibility index (Phi) is 5.95. The first-order valence-electron chi connectivity index (χ1n) is 11.4. The lowest BCUT2D eigenvalue weighted by Gasteiger charge is -2.31. The van der Waals surface area contributed by atoms with Gasteiger partial charge in [-0.05, 0) is 79.8 Å². The van der Waals surface area contributed by atoms with E-state index in [1.807, 2.05) is 30.3 Å². The number of hydrogen-bond donors (Lipinski definition) is 1. The van der Waals surface area contributed by atoms with Gasteiger partial charge in [0.1, 0.15) is 18.2 Å². The third kappa shape index (κ3) is 4.56. The largest absolute Gasteiger partial charge is 0.489 e. The van der Waals surface area contributed by atoms with Crippen molar-refractivity contribution >= 4 is 10.9 Å². The first-order chi connectivity index (χ1) is 15.7. The Balaban J connectivity index is 1.27. The maximum atomic E-state index is 13.2. The molecule has 0 bridgehead atoms. The maximum absolute atomic E-state index is 13.2. The molecule has 1 aromatic heterocycles. The molecule has 5 rings (SSSR count). The van der Waals surface area contributed by atoms with E-state index in [2.05, 4.69) is 47.3 Å². The molecule has 0 aliphatic heterocycles. The first-order valence-corrected chi connectivity index (χ1v) is 11.4. The van der Waals surface area contributed by atoms with Crippen LogP contribution < -0.4 is 4.74 Å². The number of ether oxygens (including phenoxy) is 1. The highest BCUT2D eigenvalue weighted by atomic mass is 19.1. The van der Waals surface area contributed by atoms with Crippen molar-refractivity contribution in [3.8, 4) is 5.75 Å². The molecule has 0 saturated heterocycles. The number of benzene rings is 3. The number of nitrogens with one attached hydrogen (secondary N) is 1. The van der Waals surface area contributed by atoms with Crippen molar-refractivity contribution in [2.45, 2.75) is 38.3 Å². The van der Waals surface area contributed by atoms with Gasteiger partial charge in [0.05, 0.1) is 0 Å². The first kappa shape index (κ1) is 20.8. The lowest BCUT2D eigenvalue weighted by molar-refractivity contribution is 0.224. The number of fused-ring (bicyclic) bond motifs is 3. The van der Waals surface area contributed by atoms with Crippen molar-refractivity contribution < 1.29 is 9.13 Å². The van der Waals surface area contributed by atoms with E-state index in [4.69, 9.17) is 4.74 Å². The van der Waals surface area contributed by atoms with Crippen LogP contribution in [0.1, 0.15) is 28.8 Å². The summed E-state index contributed by atoms with van der Waals surface area (Å²) < 4.78 is 19.2. The zero-order valence-corrected chi connectivity index (χ0v) is 18.5. The van der Waals surface area contributed by atoms with Crippen LogP contribution in [-0.4, -0.2) is 29.5 Å². The van der Waals surface area contributed by atoms with Gasteiger partial charge in [-0.15, -0.1) is 0 Å². The Bertz CT molecular complexity index is 1180. The van der Waals surface area contributed by atoms with Crippen LogP contribution in [0.4, 0.5) is 4.39 Å². The van der Waals surface area contributed by atoms with E-state index in [9.17, 15) is 4.39 Å². The second kappa shape index (κ2) is 9.17. The van der Waals surface area contributed by atoms with E-state index in [1.165, 1.54) is 33.3 Å². The van der Waals surface area contributed by atoms with Crippen molar-refractivity contribution in [1.82, 2.24) is 9.88 Å². The molecule has 1 unspecified atom stereocenters. The van der Waals surface area contributed by atoms with E-state index in [-0.39, 0.29) is 5.82 Å². The highest BCUT2D eigenvalue weighted by Crippen LogP contribution is 2.33. The molecule has 1 N–H and O–H groups in total. The second-order valence-electron chi connectivity index (χ2n) is 8.82. The SMILES string of the molecule is CN(CCc1ccc(F)cc1)C1CCc2[nH]c3ccc(OCc4ccccc4)cc3c2C1. The third-order valence-corrected chi connectivity index (χ3v) is 6.67. The van der Waals surface area contributed by atoms with Gasteiger partial charge in [0, 0.05) is 29.2 Å². The minimum atomic E-state index is -0.173. The summed E-state index contributed by atoms with van der Waals surface area (Å²) in [5, 5.41) is 1.28. The number of hydrogen-bond acceptors (Lipinski definition) is 2. The van der Waals surface area contributed by atoms with Crippen LogP contribution in [0.5, 0.6) is 5.75 Å². The number of aromatic nitrogens is 1. The van der Waals surface area contributed by atoms with Crippen molar-refractivity contribution in [1.29, 1.82) is 0 Å².